The van der Waals surface area contributed by atoms with Crippen LogP contribution in [0.5, 0.6) is 0 Å². The molecule has 5 nitrogen and oxygen atoms in total. The number of hydrogen-bond acceptors (Lipinski definition) is 5. The van der Waals surface area contributed by atoms with Crippen LogP contribution in [0.4, 0.5) is 0 Å². The van der Waals surface area contributed by atoms with Gasteiger partial charge in [-0.1, -0.05) is 13.3 Å². The van der Waals surface area contributed by atoms with Crippen molar-refractivity contribution >= 4 is 29.8 Å². The summed E-state index contributed by atoms with van der Waals surface area (Å²) < 4.78 is 16.2. The van der Waals surface area contributed by atoms with Crippen LogP contribution in [0.2, 0.25) is 6.04 Å². The summed E-state index contributed by atoms with van der Waals surface area (Å²) >= 11 is 0. The first-order valence-corrected chi connectivity index (χ1v) is 10.2. The van der Waals surface area contributed by atoms with E-state index in [-0.39, 0.29) is 0 Å². The van der Waals surface area contributed by atoms with Crippen LogP contribution in [0.3, 0.4) is 0 Å². The van der Waals surface area contributed by atoms with E-state index in [4.69, 9.17) is 12.7 Å². The van der Waals surface area contributed by atoms with Gasteiger partial charge in [-0.3, -0.25) is 9.80 Å². The maximum Gasteiger partial charge on any atom is 0.479 e. The summed E-state index contributed by atoms with van der Waals surface area (Å²) in [6, 6.07) is 0.805. The van der Waals surface area contributed by atoms with Gasteiger partial charge in [0.1, 0.15) is 0 Å². The van der Waals surface area contributed by atoms with Crippen molar-refractivity contribution in [1.82, 2.24) is 9.80 Å². The minimum absolute atomic E-state index is 0.593. The number of hydrogen-bond donors (Lipinski definition) is 0. The molecule has 0 atom stereocenters. The van der Waals surface area contributed by atoms with Crippen LogP contribution in [-0.4, -0.2) is 79.0 Å². The molecular formula is C12H26N2O3Si3. The minimum atomic E-state index is -2.57. The van der Waals surface area contributed by atoms with Crippen molar-refractivity contribution < 1.29 is 12.7 Å². The topological polar surface area (TPSA) is 34.2 Å². The van der Waals surface area contributed by atoms with E-state index in [2.05, 4.69) is 37.7 Å². The minimum Gasteiger partial charge on any atom is -0.416 e. The van der Waals surface area contributed by atoms with E-state index in [0.29, 0.717) is 6.61 Å². The van der Waals surface area contributed by atoms with Gasteiger partial charge in [0, 0.05) is 25.7 Å². The van der Waals surface area contributed by atoms with Crippen LogP contribution < -0.4 is 0 Å². The van der Waals surface area contributed by atoms with Gasteiger partial charge in [-0.25, -0.2) is 0 Å². The highest BCUT2D eigenvalue weighted by Gasteiger charge is 2.37. The van der Waals surface area contributed by atoms with E-state index in [1.54, 1.807) is 0 Å². The summed E-state index contributed by atoms with van der Waals surface area (Å²) in [7, 11) is 3.62. The third-order valence-corrected chi connectivity index (χ3v) is 7.78. The zero-order valence-electron chi connectivity index (χ0n) is 12.7. The first-order chi connectivity index (χ1) is 9.69. The number of unbranched alkanes of at least 4 members (excludes halogenated alkanes) is 1. The average Bonchev–Trinajstić information content (AvgIpc) is 2.92. The van der Waals surface area contributed by atoms with Gasteiger partial charge in [0.2, 0.25) is 21.0 Å². The largest absolute Gasteiger partial charge is 0.479 e. The molecule has 0 aromatic heterocycles. The molecule has 0 aromatic carbocycles. The molecule has 1 saturated heterocycles. The zero-order chi connectivity index (χ0) is 14.8. The molecule has 20 heavy (non-hydrogen) atoms. The van der Waals surface area contributed by atoms with Gasteiger partial charge in [-0.15, -0.1) is 0 Å². The van der Waals surface area contributed by atoms with Crippen LogP contribution in [-0.2, 0) is 12.7 Å². The molecule has 1 fully saturated rings. The van der Waals surface area contributed by atoms with E-state index in [9.17, 15) is 0 Å². The van der Waals surface area contributed by atoms with Gasteiger partial charge in [0.15, 0.2) is 0 Å². The summed E-state index contributed by atoms with van der Waals surface area (Å²) in [5.41, 5.74) is 0. The lowest BCUT2D eigenvalue weighted by Crippen LogP contribution is -2.45. The fraction of sp³-hybridized carbons (Fsp3) is 1.00. The predicted molar refractivity (Wildman–Crippen MR) is 83.4 cm³/mol. The Morgan fingerprint density at radius 2 is 1.60 bits per heavy atom. The van der Waals surface area contributed by atoms with E-state index in [0.717, 1.165) is 32.2 Å². The Morgan fingerprint density at radius 1 is 1.00 bits per heavy atom. The van der Waals surface area contributed by atoms with Crippen LogP contribution in [0, 0.1) is 0 Å². The monoisotopic (exact) mass is 330 g/mol. The zero-order valence-corrected chi connectivity index (χ0v) is 15.7. The Labute approximate surface area is 131 Å². The van der Waals surface area contributed by atoms with Gasteiger partial charge in [-0.2, -0.15) is 0 Å². The fourth-order valence-corrected chi connectivity index (χ4v) is 5.45. The Balaban J connectivity index is 2.23. The number of nitrogens with zero attached hydrogens (tertiary/aromatic N) is 2. The van der Waals surface area contributed by atoms with Crippen LogP contribution in [0.15, 0.2) is 0 Å². The number of rotatable bonds is 11. The molecule has 1 aliphatic heterocycles. The Hall–Kier alpha value is 0.451. The molecule has 0 aliphatic carbocycles. The fourth-order valence-electron chi connectivity index (χ4n) is 2.45. The van der Waals surface area contributed by atoms with Crippen LogP contribution in [0.1, 0.15) is 33.1 Å². The highest BCUT2D eigenvalue weighted by molar-refractivity contribution is 6.66. The molecule has 0 N–H and O–H groups in total. The van der Waals surface area contributed by atoms with Crippen molar-refractivity contribution in [2.45, 2.75) is 39.2 Å². The van der Waals surface area contributed by atoms with Crippen molar-refractivity contribution in [2.24, 2.45) is 0 Å². The molecule has 0 saturated carbocycles. The summed E-state index contributed by atoms with van der Waals surface area (Å²) in [4.78, 5) is 5.01. The SMILES string of the molecule is CCCCN1CCN(CCC[Si](O[Si])(O[Si])OCC)C1. The Kier molecular flexibility index (Phi) is 9.46. The van der Waals surface area contributed by atoms with E-state index >= 15 is 0 Å². The molecule has 0 bridgehead atoms. The summed E-state index contributed by atoms with van der Waals surface area (Å²) in [5, 5.41) is 0. The lowest BCUT2D eigenvalue weighted by molar-refractivity contribution is 0.180. The molecule has 0 aromatic rings. The van der Waals surface area contributed by atoms with E-state index in [1.807, 2.05) is 6.92 Å². The van der Waals surface area contributed by atoms with Crippen LogP contribution >= 0.6 is 0 Å². The van der Waals surface area contributed by atoms with Crippen LogP contribution in [0.25, 0.3) is 0 Å². The molecule has 0 unspecified atom stereocenters. The lowest BCUT2D eigenvalue weighted by atomic mass is 10.3. The van der Waals surface area contributed by atoms with Gasteiger partial charge in [0.05, 0.1) is 6.67 Å². The maximum atomic E-state index is 5.64. The molecule has 8 heteroatoms. The van der Waals surface area contributed by atoms with Gasteiger partial charge in [0.25, 0.3) is 0 Å². The molecular weight excluding hydrogens is 304 g/mol. The van der Waals surface area contributed by atoms with Crippen molar-refractivity contribution in [3.63, 3.8) is 0 Å². The predicted octanol–water partition coefficient (Wildman–Crippen LogP) is 0.927. The molecule has 1 heterocycles. The molecule has 1 aliphatic rings. The lowest BCUT2D eigenvalue weighted by Gasteiger charge is -2.27. The Bertz CT molecular complexity index is 258. The smallest absolute Gasteiger partial charge is 0.416 e. The highest BCUT2D eigenvalue weighted by atomic mass is 28.4. The van der Waals surface area contributed by atoms with Crippen molar-refractivity contribution in [2.75, 3.05) is 39.5 Å². The maximum absolute atomic E-state index is 5.64. The van der Waals surface area contributed by atoms with Gasteiger partial charge in [-0.05, 0) is 32.9 Å². The van der Waals surface area contributed by atoms with Crippen molar-refractivity contribution in [1.29, 1.82) is 0 Å². The second-order valence-corrected chi connectivity index (χ2v) is 8.94. The average molecular weight is 331 g/mol. The normalized spacial score (nSPS) is 18.0. The Morgan fingerprint density at radius 3 is 2.10 bits per heavy atom. The molecule has 114 valence electrons. The first kappa shape index (κ1) is 18.5. The second kappa shape index (κ2) is 10.2. The summed E-state index contributed by atoms with van der Waals surface area (Å²) in [6.07, 6.45) is 3.58. The van der Waals surface area contributed by atoms with Gasteiger partial charge < -0.3 is 12.7 Å². The quantitative estimate of drug-likeness (QED) is 0.527. The standard InChI is InChI=1S/C12H26N2O3Si3/c1-3-5-7-13-9-10-14(12-13)8-6-11-20(16-18,17-19)15-4-2/h3-12H2,1-2H3. The third-order valence-electron chi connectivity index (χ3n) is 3.59. The first-order valence-electron chi connectivity index (χ1n) is 7.47. The third kappa shape index (κ3) is 6.06. The summed E-state index contributed by atoms with van der Waals surface area (Å²) in [5.74, 6) is 0. The van der Waals surface area contributed by atoms with E-state index in [1.165, 1.54) is 25.9 Å². The molecule has 6 radical (unpaired) electrons. The van der Waals surface area contributed by atoms with Crippen molar-refractivity contribution in [3.8, 4) is 0 Å². The van der Waals surface area contributed by atoms with E-state index < -0.39 is 8.80 Å². The molecule has 0 amide bonds. The highest BCUT2D eigenvalue weighted by Crippen LogP contribution is 2.17. The molecule has 0 spiro atoms. The van der Waals surface area contributed by atoms with Gasteiger partial charge >= 0.3 is 8.80 Å². The summed E-state index contributed by atoms with van der Waals surface area (Å²) in [6.45, 7) is 10.5. The second-order valence-electron chi connectivity index (χ2n) is 5.15. The molecule has 1 rings (SSSR count). The van der Waals surface area contributed by atoms with Crippen molar-refractivity contribution in [3.05, 3.63) is 0 Å².